The van der Waals surface area contributed by atoms with Crippen LogP contribution in [-0.2, 0) is 6.61 Å². The van der Waals surface area contributed by atoms with Crippen LogP contribution in [0.3, 0.4) is 0 Å². The van der Waals surface area contributed by atoms with Crippen molar-refractivity contribution in [1.29, 1.82) is 0 Å². The summed E-state index contributed by atoms with van der Waals surface area (Å²) in [6.07, 6.45) is 3.29. The Morgan fingerprint density at radius 1 is 1.25 bits per heavy atom. The summed E-state index contributed by atoms with van der Waals surface area (Å²) in [5, 5.41) is 8.91. The highest BCUT2D eigenvalue weighted by Crippen LogP contribution is 2.28. The maximum atomic E-state index is 10.9. The Bertz CT molecular complexity index is 611. The molecule has 0 amide bonds. The van der Waals surface area contributed by atoms with E-state index in [2.05, 4.69) is 9.97 Å². The van der Waals surface area contributed by atoms with E-state index < -0.39 is 5.97 Å². The van der Waals surface area contributed by atoms with Gasteiger partial charge in [0.25, 0.3) is 0 Å². The van der Waals surface area contributed by atoms with Gasteiger partial charge in [-0.05, 0) is 25.1 Å². The van der Waals surface area contributed by atoms with E-state index in [1.807, 2.05) is 6.92 Å². The molecule has 1 aromatic carbocycles. The van der Waals surface area contributed by atoms with Crippen LogP contribution < -0.4 is 9.47 Å². The average Bonchev–Trinajstić information content (AvgIpc) is 2.46. The Morgan fingerprint density at radius 2 is 2.05 bits per heavy atom. The fourth-order valence-electron chi connectivity index (χ4n) is 1.57. The predicted molar refractivity (Wildman–Crippen MR) is 71.1 cm³/mol. The molecule has 0 aliphatic carbocycles. The van der Waals surface area contributed by atoms with Crippen LogP contribution in [0.2, 0.25) is 0 Å². The zero-order valence-electron chi connectivity index (χ0n) is 11.2. The summed E-state index contributed by atoms with van der Waals surface area (Å²) < 4.78 is 10.7. The highest BCUT2D eigenvalue weighted by atomic mass is 16.5. The lowest BCUT2D eigenvalue weighted by molar-refractivity contribution is 0.0696. The summed E-state index contributed by atoms with van der Waals surface area (Å²) in [4.78, 5) is 19.2. The molecule has 0 aliphatic heterocycles. The second kappa shape index (κ2) is 6.01. The lowest BCUT2D eigenvalue weighted by Crippen LogP contribution is -2.02. The zero-order valence-corrected chi connectivity index (χ0v) is 11.2. The predicted octanol–water partition coefficient (Wildman–Crippen LogP) is 2.07. The van der Waals surface area contributed by atoms with E-state index in [0.29, 0.717) is 17.2 Å². The second-order valence-electron chi connectivity index (χ2n) is 4.11. The quantitative estimate of drug-likeness (QED) is 0.898. The summed E-state index contributed by atoms with van der Waals surface area (Å²) in [5.74, 6) is -0.191. The largest absolute Gasteiger partial charge is 0.493 e. The van der Waals surface area contributed by atoms with Gasteiger partial charge in [0.15, 0.2) is 11.5 Å². The van der Waals surface area contributed by atoms with Crippen molar-refractivity contribution in [3.8, 4) is 11.5 Å². The molecule has 1 N–H and O–H groups in total. The van der Waals surface area contributed by atoms with Crippen LogP contribution in [0.4, 0.5) is 0 Å². The van der Waals surface area contributed by atoms with Crippen molar-refractivity contribution >= 4 is 5.97 Å². The van der Waals surface area contributed by atoms with E-state index in [-0.39, 0.29) is 12.2 Å². The maximum Gasteiger partial charge on any atom is 0.335 e. The molecule has 2 rings (SSSR count). The number of hydrogen-bond acceptors (Lipinski definition) is 5. The van der Waals surface area contributed by atoms with Crippen molar-refractivity contribution in [2.45, 2.75) is 13.5 Å². The van der Waals surface area contributed by atoms with Gasteiger partial charge in [0.1, 0.15) is 6.61 Å². The number of nitrogens with zero attached hydrogens (tertiary/aromatic N) is 2. The Morgan fingerprint density at radius 3 is 2.65 bits per heavy atom. The first-order chi connectivity index (χ1) is 9.60. The molecule has 2 aromatic rings. The lowest BCUT2D eigenvalue weighted by atomic mass is 10.2. The molecule has 6 nitrogen and oxygen atoms in total. The number of carbonyl (C=O) groups is 1. The first kappa shape index (κ1) is 13.8. The topological polar surface area (TPSA) is 81.5 Å². The molecule has 0 aliphatic rings. The third-order valence-electron chi connectivity index (χ3n) is 2.62. The molecule has 1 heterocycles. The molecule has 6 heteroatoms. The fourth-order valence-corrected chi connectivity index (χ4v) is 1.57. The molecule has 0 fully saturated rings. The van der Waals surface area contributed by atoms with Gasteiger partial charge in [-0.3, -0.25) is 9.97 Å². The normalized spacial score (nSPS) is 10.1. The SMILES string of the molecule is COc1cc(C(=O)O)ccc1OCc1cnc(C)cn1. The van der Waals surface area contributed by atoms with E-state index in [1.54, 1.807) is 18.5 Å². The summed E-state index contributed by atoms with van der Waals surface area (Å²) >= 11 is 0. The van der Waals surface area contributed by atoms with Crippen LogP contribution in [0.15, 0.2) is 30.6 Å². The highest BCUT2D eigenvalue weighted by molar-refractivity contribution is 5.88. The fraction of sp³-hybridized carbons (Fsp3) is 0.214. The molecule has 1 aromatic heterocycles. The van der Waals surface area contributed by atoms with E-state index in [9.17, 15) is 4.79 Å². The molecule has 0 saturated heterocycles. The molecular formula is C14H14N2O4. The van der Waals surface area contributed by atoms with Crippen molar-refractivity contribution in [3.05, 3.63) is 47.5 Å². The van der Waals surface area contributed by atoms with Gasteiger partial charge in [-0.1, -0.05) is 0 Å². The molecule has 0 radical (unpaired) electrons. The van der Waals surface area contributed by atoms with Gasteiger partial charge in [0.2, 0.25) is 0 Å². The smallest absolute Gasteiger partial charge is 0.335 e. The number of hydrogen-bond donors (Lipinski definition) is 1. The Kier molecular flexibility index (Phi) is 4.14. The average molecular weight is 274 g/mol. The van der Waals surface area contributed by atoms with Gasteiger partial charge in [-0.15, -0.1) is 0 Å². The third kappa shape index (κ3) is 3.23. The van der Waals surface area contributed by atoms with E-state index in [0.717, 1.165) is 5.69 Å². The van der Waals surface area contributed by atoms with Crippen molar-refractivity contribution in [1.82, 2.24) is 9.97 Å². The Hall–Kier alpha value is -2.63. The zero-order chi connectivity index (χ0) is 14.5. The number of aromatic nitrogens is 2. The minimum Gasteiger partial charge on any atom is -0.493 e. The number of carboxylic acids is 1. The van der Waals surface area contributed by atoms with Gasteiger partial charge in [0, 0.05) is 6.20 Å². The van der Waals surface area contributed by atoms with Crippen LogP contribution in [0, 0.1) is 6.92 Å². The van der Waals surface area contributed by atoms with Crippen LogP contribution >= 0.6 is 0 Å². The molecule has 20 heavy (non-hydrogen) atoms. The van der Waals surface area contributed by atoms with Gasteiger partial charge >= 0.3 is 5.97 Å². The molecular weight excluding hydrogens is 260 g/mol. The van der Waals surface area contributed by atoms with Gasteiger partial charge in [-0.2, -0.15) is 0 Å². The van der Waals surface area contributed by atoms with Crippen LogP contribution in [-0.4, -0.2) is 28.2 Å². The van der Waals surface area contributed by atoms with Crippen molar-refractivity contribution in [3.63, 3.8) is 0 Å². The minimum atomic E-state index is -1.01. The van der Waals surface area contributed by atoms with Crippen LogP contribution in [0.5, 0.6) is 11.5 Å². The highest BCUT2D eigenvalue weighted by Gasteiger charge is 2.10. The molecule has 0 spiro atoms. The number of ether oxygens (including phenoxy) is 2. The standard InChI is InChI=1S/C14H14N2O4/c1-9-6-16-11(7-15-9)8-20-12-4-3-10(14(17)18)5-13(12)19-2/h3-7H,8H2,1-2H3,(H,17,18). The van der Waals surface area contributed by atoms with Crippen LogP contribution in [0.1, 0.15) is 21.7 Å². The number of aryl methyl sites for hydroxylation is 1. The molecule has 0 unspecified atom stereocenters. The molecule has 0 atom stereocenters. The van der Waals surface area contributed by atoms with E-state index >= 15 is 0 Å². The van der Waals surface area contributed by atoms with Crippen molar-refractivity contribution in [2.24, 2.45) is 0 Å². The number of methoxy groups -OCH3 is 1. The number of aromatic carboxylic acids is 1. The summed E-state index contributed by atoms with van der Waals surface area (Å²) in [5.41, 5.74) is 1.65. The number of carboxylic acid groups (broad SMARTS) is 1. The third-order valence-corrected chi connectivity index (χ3v) is 2.62. The van der Waals surface area contributed by atoms with Gasteiger partial charge < -0.3 is 14.6 Å². The molecule has 0 bridgehead atoms. The van der Waals surface area contributed by atoms with E-state index in [4.69, 9.17) is 14.6 Å². The summed E-state index contributed by atoms with van der Waals surface area (Å²) in [7, 11) is 1.46. The molecule has 0 saturated carbocycles. The second-order valence-corrected chi connectivity index (χ2v) is 4.11. The van der Waals surface area contributed by atoms with Crippen molar-refractivity contribution < 1.29 is 19.4 Å². The lowest BCUT2D eigenvalue weighted by Gasteiger charge is -2.10. The Balaban J connectivity index is 2.12. The van der Waals surface area contributed by atoms with Crippen LogP contribution in [0.25, 0.3) is 0 Å². The van der Waals surface area contributed by atoms with Crippen molar-refractivity contribution in [2.75, 3.05) is 7.11 Å². The minimum absolute atomic E-state index is 0.143. The summed E-state index contributed by atoms with van der Waals surface area (Å²) in [6.45, 7) is 2.08. The monoisotopic (exact) mass is 274 g/mol. The number of benzene rings is 1. The summed E-state index contributed by atoms with van der Waals surface area (Å²) in [6, 6.07) is 4.43. The van der Waals surface area contributed by atoms with E-state index in [1.165, 1.54) is 19.2 Å². The van der Waals surface area contributed by atoms with Gasteiger partial charge in [0.05, 0.1) is 30.3 Å². The maximum absolute atomic E-state index is 10.9. The first-order valence-corrected chi connectivity index (χ1v) is 5.92. The Labute approximate surface area is 116 Å². The van der Waals surface area contributed by atoms with Gasteiger partial charge in [-0.25, -0.2) is 4.79 Å². The number of rotatable bonds is 5. The molecule has 104 valence electrons. The first-order valence-electron chi connectivity index (χ1n) is 5.92.